The molecule has 5 atom stereocenters. The lowest BCUT2D eigenvalue weighted by Gasteiger charge is -2.34. The standard InChI is InChI=1S/C19H28O/c1-13-14(2)18-11-15(13)10-16(18)12-20-19(3,4)17-8-6-5-7-9-17/h5-9,13-16,18H,10-12H2,1-4H3. The summed E-state index contributed by atoms with van der Waals surface area (Å²) in [6, 6.07) is 10.6. The van der Waals surface area contributed by atoms with Gasteiger partial charge in [0.2, 0.25) is 0 Å². The monoisotopic (exact) mass is 272 g/mol. The highest BCUT2D eigenvalue weighted by atomic mass is 16.5. The summed E-state index contributed by atoms with van der Waals surface area (Å²) in [4.78, 5) is 0. The summed E-state index contributed by atoms with van der Waals surface area (Å²) in [5.41, 5.74) is 1.11. The van der Waals surface area contributed by atoms with Crippen LogP contribution in [0.4, 0.5) is 0 Å². The normalized spacial score (nSPS) is 36.5. The van der Waals surface area contributed by atoms with E-state index in [0.29, 0.717) is 0 Å². The van der Waals surface area contributed by atoms with Crippen molar-refractivity contribution in [3.8, 4) is 0 Å². The Bertz CT molecular complexity index is 448. The molecule has 0 N–H and O–H groups in total. The fraction of sp³-hybridized carbons (Fsp3) is 0.684. The molecular weight excluding hydrogens is 244 g/mol. The number of benzene rings is 1. The van der Waals surface area contributed by atoms with E-state index in [1.54, 1.807) is 0 Å². The average Bonchev–Trinajstić information content (AvgIpc) is 2.98. The topological polar surface area (TPSA) is 9.23 Å². The Morgan fingerprint density at radius 1 is 1.05 bits per heavy atom. The van der Waals surface area contributed by atoms with Gasteiger partial charge in [-0.1, -0.05) is 44.2 Å². The maximum absolute atomic E-state index is 6.34. The number of hydrogen-bond acceptors (Lipinski definition) is 1. The van der Waals surface area contributed by atoms with Gasteiger partial charge in [-0.3, -0.25) is 0 Å². The Balaban J connectivity index is 1.61. The van der Waals surface area contributed by atoms with Crippen molar-refractivity contribution in [2.45, 2.75) is 46.1 Å². The van der Waals surface area contributed by atoms with Gasteiger partial charge < -0.3 is 4.74 Å². The molecule has 2 saturated carbocycles. The van der Waals surface area contributed by atoms with Crippen LogP contribution in [0.25, 0.3) is 0 Å². The lowest BCUT2D eigenvalue weighted by Crippen LogP contribution is -2.31. The minimum atomic E-state index is -0.169. The first kappa shape index (κ1) is 14.1. The van der Waals surface area contributed by atoms with Crippen LogP contribution in [0.15, 0.2) is 30.3 Å². The van der Waals surface area contributed by atoms with E-state index in [0.717, 1.165) is 36.2 Å². The fourth-order valence-electron chi connectivity index (χ4n) is 4.52. The summed E-state index contributed by atoms with van der Waals surface area (Å²) >= 11 is 0. The van der Waals surface area contributed by atoms with Crippen molar-refractivity contribution in [2.75, 3.05) is 6.61 Å². The smallest absolute Gasteiger partial charge is 0.0875 e. The van der Waals surface area contributed by atoms with Gasteiger partial charge in [0.1, 0.15) is 0 Å². The highest BCUT2D eigenvalue weighted by Gasteiger charge is 2.48. The first-order chi connectivity index (χ1) is 9.49. The summed E-state index contributed by atoms with van der Waals surface area (Å²) in [5.74, 6) is 4.47. The molecule has 0 aliphatic heterocycles. The van der Waals surface area contributed by atoms with E-state index in [1.807, 2.05) is 0 Å². The van der Waals surface area contributed by atoms with Crippen molar-refractivity contribution >= 4 is 0 Å². The molecule has 0 heterocycles. The highest BCUT2D eigenvalue weighted by molar-refractivity contribution is 5.20. The van der Waals surface area contributed by atoms with Crippen LogP contribution in [0, 0.1) is 29.6 Å². The van der Waals surface area contributed by atoms with Crippen LogP contribution in [0.1, 0.15) is 46.1 Å². The van der Waals surface area contributed by atoms with Gasteiger partial charge in [0.25, 0.3) is 0 Å². The molecule has 0 radical (unpaired) electrons. The molecule has 0 spiro atoms. The largest absolute Gasteiger partial charge is 0.371 e. The lowest BCUT2D eigenvalue weighted by atomic mass is 9.76. The number of ether oxygens (including phenoxy) is 1. The van der Waals surface area contributed by atoms with Gasteiger partial charge in [0.15, 0.2) is 0 Å². The van der Waals surface area contributed by atoms with Crippen molar-refractivity contribution in [3.05, 3.63) is 35.9 Å². The molecule has 2 fully saturated rings. The molecule has 1 nitrogen and oxygen atoms in total. The Morgan fingerprint density at radius 2 is 1.75 bits per heavy atom. The fourth-order valence-corrected chi connectivity index (χ4v) is 4.52. The Kier molecular flexibility index (Phi) is 3.66. The molecule has 20 heavy (non-hydrogen) atoms. The third kappa shape index (κ3) is 2.41. The van der Waals surface area contributed by atoms with E-state index >= 15 is 0 Å². The molecular formula is C19H28O. The van der Waals surface area contributed by atoms with Gasteiger partial charge in [-0.2, -0.15) is 0 Å². The van der Waals surface area contributed by atoms with Crippen LogP contribution in [0.2, 0.25) is 0 Å². The van der Waals surface area contributed by atoms with Crippen LogP contribution >= 0.6 is 0 Å². The van der Waals surface area contributed by atoms with Gasteiger partial charge >= 0.3 is 0 Å². The number of rotatable bonds is 4. The molecule has 110 valence electrons. The first-order valence-corrected chi connectivity index (χ1v) is 8.18. The maximum Gasteiger partial charge on any atom is 0.0875 e. The molecule has 2 aliphatic carbocycles. The van der Waals surface area contributed by atoms with E-state index in [2.05, 4.69) is 58.0 Å². The van der Waals surface area contributed by atoms with Crippen LogP contribution in [0.3, 0.4) is 0 Å². The second-order valence-corrected chi connectivity index (χ2v) is 7.56. The third-order valence-electron chi connectivity index (χ3n) is 6.16. The second-order valence-electron chi connectivity index (χ2n) is 7.56. The molecule has 2 bridgehead atoms. The summed E-state index contributed by atoms with van der Waals surface area (Å²) in [6.45, 7) is 10.2. The van der Waals surface area contributed by atoms with Gasteiger partial charge in [0.05, 0.1) is 12.2 Å². The van der Waals surface area contributed by atoms with Crippen molar-refractivity contribution in [2.24, 2.45) is 29.6 Å². The van der Waals surface area contributed by atoms with E-state index in [-0.39, 0.29) is 5.60 Å². The van der Waals surface area contributed by atoms with E-state index in [9.17, 15) is 0 Å². The maximum atomic E-state index is 6.34. The van der Waals surface area contributed by atoms with Crippen LogP contribution in [-0.4, -0.2) is 6.61 Å². The molecule has 1 heteroatoms. The van der Waals surface area contributed by atoms with Gasteiger partial charge in [-0.25, -0.2) is 0 Å². The number of hydrogen-bond donors (Lipinski definition) is 0. The van der Waals surface area contributed by atoms with Crippen LogP contribution in [0.5, 0.6) is 0 Å². The Labute approximate surface area is 123 Å². The van der Waals surface area contributed by atoms with Crippen molar-refractivity contribution in [1.29, 1.82) is 0 Å². The van der Waals surface area contributed by atoms with Gasteiger partial charge in [0, 0.05) is 0 Å². The predicted molar refractivity (Wildman–Crippen MR) is 83.5 cm³/mol. The SMILES string of the molecule is CC1C2CC(COC(C)(C)c3ccccc3)C(C2)C1C. The summed E-state index contributed by atoms with van der Waals surface area (Å²) in [5, 5.41) is 0. The molecule has 2 aliphatic rings. The Morgan fingerprint density at radius 3 is 2.35 bits per heavy atom. The zero-order chi connectivity index (χ0) is 14.3. The van der Waals surface area contributed by atoms with Crippen LogP contribution in [-0.2, 0) is 10.3 Å². The Hall–Kier alpha value is -0.820. The molecule has 0 aromatic heterocycles. The zero-order valence-corrected chi connectivity index (χ0v) is 13.3. The first-order valence-electron chi connectivity index (χ1n) is 8.18. The molecule has 0 amide bonds. The predicted octanol–water partition coefficient (Wildman–Crippen LogP) is 4.87. The van der Waals surface area contributed by atoms with Crippen molar-refractivity contribution < 1.29 is 4.74 Å². The lowest BCUT2D eigenvalue weighted by molar-refractivity contribution is -0.0540. The molecule has 5 unspecified atom stereocenters. The van der Waals surface area contributed by atoms with Crippen molar-refractivity contribution in [1.82, 2.24) is 0 Å². The minimum Gasteiger partial charge on any atom is -0.371 e. The molecule has 1 aromatic rings. The molecule has 3 rings (SSSR count). The van der Waals surface area contributed by atoms with E-state index in [1.165, 1.54) is 18.4 Å². The minimum absolute atomic E-state index is 0.169. The van der Waals surface area contributed by atoms with E-state index in [4.69, 9.17) is 4.74 Å². The van der Waals surface area contributed by atoms with Gasteiger partial charge in [-0.15, -0.1) is 0 Å². The summed E-state index contributed by atoms with van der Waals surface area (Å²) in [6.07, 6.45) is 2.84. The van der Waals surface area contributed by atoms with Crippen molar-refractivity contribution in [3.63, 3.8) is 0 Å². The summed E-state index contributed by atoms with van der Waals surface area (Å²) in [7, 11) is 0. The second kappa shape index (κ2) is 5.18. The molecule has 0 saturated heterocycles. The number of fused-ring (bicyclic) bond motifs is 2. The third-order valence-corrected chi connectivity index (χ3v) is 6.16. The van der Waals surface area contributed by atoms with Crippen LogP contribution < -0.4 is 0 Å². The quantitative estimate of drug-likeness (QED) is 0.760. The van der Waals surface area contributed by atoms with Gasteiger partial charge in [-0.05, 0) is 61.8 Å². The summed E-state index contributed by atoms with van der Waals surface area (Å²) < 4.78 is 6.34. The zero-order valence-electron chi connectivity index (χ0n) is 13.3. The highest BCUT2D eigenvalue weighted by Crippen LogP contribution is 2.55. The van der Waals surface area contributed by atoms with E-state index < -0.39 is 0 Å². The average molecular weight is 272 g/mol. The molecule has 1 aromatic carbocycles.